The Balaban J connectivity index is 1.70. The summed E-state index contributed by atoms with van der Waals surface area (Å²) in [5, 5.41) is 0.925. The minimum absolute atomic E-state index is 0.215. The Morgan fingerprint density at radius 2 is 2.00 bits per heavy atom. The van der Waals surface area contributed by atoms with Gasteiger partial charge in [-0.25, -0.2) is 4.79 Å². The number of fused-ring (bicyclic) bond motifs is 1. The van der Waals surface area contributed by atoms with Gasteiger partial charge in [-0.1, -0.05) is 24.3 Å². The second kappa shape index (κ2) is 6.81. The molecule has 0 bridgehead atoms. The number of benzene rings is 1. The maximum Gasteiger partial charge on any atom is 0.355 e. The fourth-order valence-corrected chi connectivity index (χ4v) is 2.96. The third-order valence-corrected chi connectivity index (χ3v) is 4.27. The minimum atomic E-state index is -0.538. The molecule has 3 aromatic rings. The van der Waals surface area contributed by atoms with E-state index >= 15 is 0 Å². The molecule has 0 radical (unpaired) electrons. The number of aromatic nitrogens is 2. The Morgan fingerprint density at radius 1 is 1.24 bits per heavy atom. The predicted octanol–water partition coefficient (Wildman–Crippen LogP) is 3.81. The summed E-state index contributed by atoms with van der Waals surface area (Å²) in [7, 11) is 0. The third-order valence-electron chi connectivity index (χ3n) is 4.27. The van der Waals surface area contributed by atoms with E-state index in [-0.39, 0.29) is 12.4 Å². The molecule has 128 valence electrons. The van der Waals surface area contributed by atoms with Gasteiger partial charge in [-0.3, -0.25) is 4.79 Å². The summed E-state index contributed by atoms with van der Waals surface area (Å²) in [6.07, 6.45) is 1.78. The molecule has 1 aromatic carbocycles. The number of ether oxygens (including phenoxy) is 1. The fraction of sp³-hybridized carbons (Fsp3) is 0.200. The fourth-order valence-electron chi connectivity index (χ4n) is 2.96. The quantitative estimate of drug-likeness (QED) is 0.423. The van der Waals surface area contributed by atoms with Gasteiger partial charge in [-0.2, -0.15) is 0 Å². The zero-order valence-electron chi connectivity index (χ0n) is 14.3. The van der Waals surface area contributed by atoms with Crippen LogP contribution in [0.2, 0.25) is 0 Å². The van der Waals surface area contributed by atoms with Crippen molar-refractivity contribution in [2.75, 3.05) is 6.61 Å². The van der Waals surface area contributed by atoms with Gasteiger partial charge in [0.2, 0.25) is 5.78 Å². The molecule has 0 unspecified atom stereocenters. The zero-order chi connectivity index (χ0) is 18.0. The van der Waals surface area contributed by atoms with Crippen molar-refractivity contribution in [1.29, 1.82) is 0 Å². The van der Waals surface area contributed by atoms with Gasteiger partial charge in [-0.05, 0) is 32.0 Å². The van der Waals surface area contributed by atoms with Gasteiger partial charge < -0.3 is 14.3 Å². The number of nitrogens with zero attached hydrogens (tertiary/aromatic N) is 1. The molecule has 0 amide bonds. The van der Waals surface area contributed by atoms with Gasteiger partial charge in [0.05, 0.1) is 0 Å². The number of Topliss-reactive ketones (excluding diaryl/α,β-unsaturated/α-hetero) is 1. The molecule has 3 rings (SSSR count). The molecule has 5 nitrogen and oxygen atoms in total. The summed E-state index contributed by atoms with van der Waals surface area (Å²) in [6, 6.07) is 11.1. The number of carbonyl (C=O) groups excluding carboxylic acids is 2. The Bertz CT molecular complexity index is 930. The maximum atomic E-state index is 12.4. The van der Waals surface area contributed by atoms with Crippen LogP contribution in [-0.4, -0.2) is 27.9 Å². The largest absolute Gasteiger partial charge is 0.453 e. The van der Waals surface area contributed by atoms with Crippen LogP contribution in [0.5, 0.6) is 0 Å². The molecule has 1 N–H and O–H groups in total. The van der Waals surface area contributed by atoms with Crippen LogP contribution < -0.4 is 0 Å². The van der Waals surface area contributed by atoms with Crippen molar-refractivity contribution in [1.82, 2.24) is 9.55 Å². The average Bonchev–Trinajstić information content (AvgIpc) is 3.16. The van der Waals surface area contributed by atoms with E-state index in [4.69, 9.17) is 4.74 Å². The standard InChI is InChI=1S/C20H20N2O3/c1-4-9-22-13(2)10-16(14(22)3)19(23)12-25-20(24)18-11-15-7-5-6-8-17(15)21-18/h4-8,10-11,21H,1,9,12H2,2-3H3. The van der Waals surface area contributed by atoms with Crippen molar-refractivity contribution < 1.29 is 14.3 Å². The molecule has 0 fully saturated rings. The number of nitrogens with one attached hydrogen (secondary N) is 1. The first-order valence-corrected chi connectivity index (χ1v) is 8.07. The molecule has 0 saturated carbocycles. The lowest BCUT2D eigenvalue weighted by molar-refractivity contribution is 0.0469. The van der Waals surface area contributed by atoms with Gasteiger partial charge in [0.1, 0.15) is 5.69 Å². The van der Waals surface area contributed by atoms with Gasteiger partial charge in [0, 0.05) is 34.4 Å². The van der Waals surface area contributed by atoms with Crippen molar-refractivity contribution in [2.45, 2.75) is 20.4 Å². The summed E-state index contributed by atoms with van der Waals surface area (Å²) in [4.78, 5) is 27.6. The number of hydrogen-bond donors (Lipinski definition) is 1. The second-order valence-corrected chi connectivity index (χ2v) is 5.95. The molecular weight excluding hydrogens is 316 g/mol. The molecule has 0 atom stereocenters. The summed E-state index contributed by atoms with van der Waals surface area (Å²) in [5.74, 6) is -0.752. The number of H-pyrrole nitrogens is 1. The lowest BCUT2D eigenvalue weighted by Gasteiger charge is -2.06. The number of carbonyl (C=O) groups is 2. The molecule has 0 saturated heterocycles. The second-order valence-electron chi connectivity index (χ2n) is 5.95. The number of esters is 1. The van der Waals surface area contributed by atoms with E-state index in [1.54, 1.807) is 12.1 Å². The first-order valence-electron chi connectivity index (χ1n) is 8.07. The van der Waals surface area contributed by atoms with Crippen LogP contribution in [-0.2, 0) is 11.3 Å². The number of rotatable bonds is 6. The molecule has 0 aliphatic heterocycles. The smallest absolute Gasteiger partial charge is 0.355 e. The van der Waals surface area contributed by atoms with Crippen LogP contribution in [0.25, 0.3) is 10.9 Å². The van der Waals surface area contributed by atoms with E-state index in [9.17, 15) is 9.59 Å². The van der Waals surface area contributed by atoms with Crippen molar-refractivity contribution in [3.8, 4) is 0 Å². The topological polar surface area (TPSA) is 64.1 Å². The Morgan fingerprint density at radius 3 is 2.72 bits per heavy atom. The van der Waals surface area contributed by atoms with Crippen molar-refractivity contribution in [2.24, 2.45) is 0 Å². The number of aryl methyl sites for hydroxylation is 1. The first kappa shape index (κ1) is 16.8. The zero-order valence-corrected chi connectivity index (χ0v) is 14.3. The van der Waals surface area contributed by atoms with E-state index < -0.39 is 5.97 Å². The molecular formula is C20H20N2O3. The maximum absolute atomic E-state index is 12.4. The van der Waals surface area contributed by atoms with Crippen LogP contribution >= 0.6 is 0 Å². The average molecular weight is 336 g/mol. The van der Waals surface area contributed by atoms with Gasteiger partial charge in [0.15, 0.2) is 6.61 Å². The van der Waals surface area contributed by atoms with Gasteiger partial charge >= 0.3 is 5.97 Å². The molecule has 0 spiro atoms. The van der Waals surface area contributed by atoms with E-state index in [0.29, 0.717) is 17.8 Å². The summed E-state index contributed by atoms with van der Waals surface area (Å²) in [6.45, 7) is 7.89. The third kappa shape index (κ3) is 3.26. The Labute approximate surface area is 145 Å². The van der Waals surface area contributed by atoms with E-state index in [1.165, 1.54) is 0 Å². The normalized spacial score (nSPS) is 10.8. The number of ketones is 1. The SMILES string of the molecule is C=CCn1c(C)cc(C(=O)COC(=O)c2cc3ccccc3[nH]2)c1C. The minimum Gasteiger partial charge on any atom is -0.453 e. The molecule has 5 heteroatoms. The molecule has 25 heavy (non-hydrogen) atoms. The van der Waals surface area contributed by atoms with Gasteiger partial charge in [0.25, 0.3) is 0 Å². The Hall–Kier alpha value is -3.08. The summed E-state index contributed by atoms with van der Waals surface area (Å²) < 4.78 is 7.19. The van der Waals surface area contributed by atoms with Gasteiger partial charge in [-0.15, -0.1) is 6.58 Å². The molecule has 2 aromatic heterocycles. The van der Waals surface area contributed by atoms with Crippen molar-refractivity contribution in [3.63, 3.8) is 0 Å². The number of hydrogen-bond acceptors (Lipinski definition) is 3. The van der Waals surface area contributed by atoms with Crippen LogP contribution in [0, 0.1) is 13.8 Å². The van der Waals surface area contributed by atoms with E-state index in [2.05, 4.69) is 11.6 Å². The molecule has 0 aliphatic rings. The highest BCUT2D eigenvalue weighted by atomic mass is 16.5. The highest BCUT2D eigenvalue weighted by Crippen LogP contribution is 2.17. The van der Waals surface area contributed by atoms with Crippen LogP contribution in [0.1, 0.15) is 32.2 Å². The van der Waals surface area contributed by atoms with E-state index in [0.717, 1.165) is 22.3 Å². The summed E-state index contributed by atoms with van der Waals surface area (Å²) >= 11 is 0. The lowest BCUT2D eigenvalue weighted by Crippen LogP contribution is -2.15. The lowest BCUT2D eigenvalue weighted by atomic mass is 10.1. The van der Waals surface area contributed by atoms with Crippen molar-refractivity contribution >= 4 is 22.7 Å². The monoisotopic (exact) mass is 336 g/mol. The van der Waals surface area contributed by atoms with Crippen LogP contribution in [0.3, 0.4) is 0 Å². The van der Waals surface area contributed by atoms with E-state index in [1.807, 2.05) is 48.7 Å². The highest BCUT2D eigenvalue weighted by molar-refractivity contribution is 6.01. The van der Waals surface area contributed by atoms with Crippen molar-refractivity contribution in [3.05, 3.63) is 71.7 Å². The predicted molar refractivity (Wildman–Crippen MR) is 97.0 cm³/mol. The summed E-state index contributed by atoms with van der Waals surface area (Å²) in [5.41, 5.74) is 3.59. The number of allylic oxidation sites excluding steroid dienone is 1. The van der Waals surface area contributed by atoms with Crippen LogP contribution in [0.4, 0.5) is 0 Å². The Kier molecular flexibility index (Phi) is 4.57. The number of para-hydroxylation sites is 1. The highest BCUT2D eigenvalue weighted by Gasteiger charge is 2.18. The molecule has 2 heterocycles. The molecule has 0 aliphatic carbocycles. The first-order chi connectivity index (χ1) is 12.0. The van der Waals surface area contributed by atoms with Crippen LogP contribution in [0.15, 0.2) is 49.1 Å². The number of aromatic amines is 1.